The molecule has 0 fully saturated rings. The largest absolute Gasteiger partial charge is 0.338 e. The molecule has 0 aliphatic heterocycles. The van der Waals surface area contributed by atoms with Crippen LogP contribution in [0.3, 0.4) is 0 Å². The van der Waals surface area contributed by atoms with Gasteiger partial charge < -0.3 is 10.3 Å². The molecular formula is C8H10Cl2N4O. The van der Waals surface area contributed by atoms with Crippen LogP contribution in [0.2, 0.25) is 0 Å². The molecule has 0 aromatic carbocycles. The number of aromatic nitrogens is 3. The second kappa shape index (κ2) is 6.34. The van der Waals surface area contributed by atoms with Crippen molar-refractivity contribution < 1.29 is 4.52 Å². The third-order valence-corrected chi connectivity index (χ3v) is 1.56. The van der Waals surface area contributed by atoms with Gasteiger partial charge in [0.2, 0.25) is 11.7 Å². The van der Waals surface area contributed by atoms with Crippen LogP contribution in [0.1, 0.15) is 5.89 Å². The lowest BCUT2D eigenvalue weighted by Gasteiger charge is -1.89. The number of hydrogen-bond donors (Lipinski definition) is 1. The average molecular weight is 249 g/mol. The maximum Gasteiger partial charge on any atom is 0.240 e. The monoisotopic (exact) mass is 248 g/mol. The van der Waals surface area contributed by atoms with Gasteiger partial charge in [0.15, 0.2) is 0 Å². The molecule has 2 N–H and O–H groups in total. The molecule has 0 bridgehead atoms. The molecule has 0 radical (unpaired) electrons. The smallest absolute Gasteiger partial charge is 0.240 e. The summed E-state index contributed by atoms with van der Waals surface area (Å²) in [7, 11) is 0. The van der Waals surface area contributed by atoms with E-state index < -0.39 is 0 Å². The summed E-state index contributed by atoms with van der Waals surface area (Å²) in [5.41, 5.74) is 6.15. The van der Waals surface area contributed by atoms with E-state index in [0.717, 1.165) is 5.56 Å². The van der Waals surface area contributed by atoms with Crippen LogP contribution in [0.5, 0.6) is 0 Å². The zero-order chi connectivity index (χ0) is 9.10. The normalized spacial score (nSPS) is 8.87. The van der Waals surface area contributed by atoms with Crippen molar-refractivity contribution in [2.45, 2.75) is 6.54 Å². The molecule has 82 valence electrons. The standard InChI is InChI=1S/C8H8N4O.2ClH/c9-4-7-11-8(12-13-7)6-2-1-3-10-5-6;;/h1-3,5H,4,9H2;2*1H. The minimum absolute atomic E-state index is 0. The molecule has 0 amide bonds. The maximum atomic E-state index is 5.33. The van der Waals surface area contributed by atoms with E-state index in [-0.39, 0.29) is 31.4 Å². The van der Waals surface area contributed by atoms with Gasteiger partial charge in [-0.2, -0.15) is 4.98 Å². The Balaban J connectivity index is 0.000000980. The highest BCUT2D eigenvalue weighted by molar-refractivity contribution is 5.85. The zero-order valence-corrected chi connectivity index (χ0v) is 9.29. The van der Waals surface area contributed by atoms with E-state index >= 15 is 0 Å². The Morgan fingerprint density at radius 3 is 2.67 bits per heavy atom. The Labute approximate surface area is 98.9 Å². The molecule has 0 spiro atoms. The van der Waals surface area contributed by atoms with Crippen molar-refractivity contribution >= 4 is 24.8 Å². The molecule has 2 aromatic rings. The Bertz CT molecular complexity index is 393. The van der Waals surface area contributed by atoms with Crippen molar-refractivity contribution in [1.82, 2.24) is 15.1 Å². The van der Waals surface area contributed by atoms with Gasteiger partial charge in [-0.15, -0.1) is 24.8 Å². The van der Waals surface area contributed by atoms with E-state index in [4.69, 9.17) is 10.3 Å². The third-order valence-electron chi connectivity index (χ3n) is 1.56. The summed E-state index contributed by atoms with van der Waals surface area (Å²) in [6.45, 7) is 0.257. The zero-order valence-electron chi connectivity index (χ0n) is 7.66. The van der Waals surface area contributed by atoms with Gasteiger partial charge in [-0.3, -0.25) is 4.98 Å². The van der Waals surface area contributed by atoms with Crippen LogP contribution in [0.25, 0.3) is 11.4 Å². The molecule has 0 unspecified atom stereocenters. The summed E-state index contributed by atoms with van der Waals surface area (Å²) in [4.78, 5) is 8.00. The van der Waals surface area contributed by atoms with Crippen molar-refractivity contribution in [3.05, 3.63) is 30.4 Å². The van der Waals surface area contributed by atoms with Crippen LogP contribution >= 0.6 is 24.8 Å². The number of pyridine rings is 1. The summed E-state index contributed by atoms with van der Waals surface area (Å²) in [5, 5.41) is 3.75. The second-order valence-corrected chi connectivity index (χ2v) is 2.46. The average Bonchev–Trinajstić information content (AvgIpc) is 2.67. The van der Waals surface area contributed by atoms with Crippen molar-refractivity contribution in [3.63, 3.8) is 0 Å². The van der Waals surface area contributed by atoms with Gasteiger partial charge in [0.25, 0.3) is 0 Å². The first-order valence-electron chi connectivity index (χ1n) is 3.83. The lowest BCUT2D eigenvalue weighted by molar-refractivity contribution is 0.380. The molecule has 0 aliphatic rings. The fraction of sp³-hybridized carbons (Fsp3) is 0.125. The van der Waals surface area contributed by atoms with Crippen molar-refractivity contribution in [2.24, 2.45) is 5.73 Å². The summed E-state index contributed by atoms with van der Waals surface area (Å²) in [6.07, 6.45) is 3.36. The second-order valence-electron chi connectivity index (χ2n) is 2.46. The Morgan fingerprint density at radius 2 is 2.13 bits per heavy atom. The molecule has 5 nitrogen and oxygen atoms in total. The molecule has 2 heterocycles. The number of rotatable bonds is 2. The molecule has 0 atom stereocenters. The number of halogens is 2. The van der Waals surface area contributed by atoms with Gasteiger partial charge >= 0.3 is 0 Å². The molecule has 0 saturated carbocycles. The number of hydrogen-bond acceptors (Lipinski definition) is 5. The minimum Gasteiger partial charge on any atom is -0.338 e. The summed E-state index contributed by atoms with van der Waals surface area (Å²) < 4.78 is 4.85. The van der Waals surface area contributed by atoms with Gasteiger partial charge in [0.1, 0.15) is 0 Å². The molecule has 0 aliphatic carbocycles. The first kappa shape index (κ1) is 13.8. The van der Waals surface area contributed by atoms with Crippen LogP contribution in [0.4, 0.5) is 0 Å². The van der Waals surface area contributed by atoms with Gasteiger partial charge in [-0.25, -0.2) is 0 Å². The third kappa shape index (κ3) is 3.16. The molecule has 2 rings (SSSR count). The molecular weight excluding hydrogens is 239 g/mol. The van der Waals surface area contributed by atoms with Gasteiger partial charge in [0, 0.05) is 18.0 Å². The fourth-order valence-electron chi connectivity index (χ4n) is 0.950. The fourth-order valence-corrected chi connectivity index (χ4v) is 0.950. The van der Waals surface area contributed by atoms with Crippen molar-refractivity contribution in [3.8, 4) is 11.4 Å². The van der Waals surface area contributed by atoms with Crippen LogP contribution in [-0.2, 0) is 6.54 Å². The van der Waals surface area contributed by atoms with Gasteiger partial charge in [-0.1, -0.05) is 5.16 Å². The van der Waals surface area contributed by atoms with E-state index in [1.54, 1.807) is 12.4 Å². The first-order chi connectivity index (χ1) is 6.40. The van der Waals surface area contributed by atoms with E-state index in [1.165, 1.54) is 0 Å². The van der Waals surface area contributed by atoms with Crippen LogP contribution in [0, 0.1) is 0 Å². The summed E-state index contributed by atoms with van der Waals surface area (Å²) in [5.74, 6) is 0.951. The molecule has 15 heavy (non-hydrogen) atoms. The van der Waals surface area contributed by atoms with E-state index in [0.29, 0.717) is 11.7 Å². The molecule has 7 heteroatoms. The summed E-state index contributed by atoms with van der Waals surface area (Å²) in [6, 6.07) is 3.67. The van der Waals surface area contributed by atoms with Crippen LogP contribution < -0.4 is 5.73 Å². The minimum atomic E-state index is 0. The number of nitrogens with two attached hydrogens (primary N) is 1. The molecule has 2 aromatic heterocycles. The first-order valence-corrected chi connectivity index (χ1v) is 3.83. The predicted octanol–water partition coefficient (Wildman–Crippen LogP) is 1.43. The maximum absolute atomic E-state index is 5.33. The van der Waals surface area contributed by atoms with E-state index in [1.807, 2.05) is 12.1 Å². The highest BCUT2D eigenvalue weighted by atomic mass is 35.5. The quantitative estimate of drug-likeness (QED) is 0.871. The topological polar surface area (TPSA) is 77.8 Å². The van der Waals surface area contributed by atoms with Crippen LogP contribution in [0.15, 0.2) is 29.0 Å². The van der Waals surface area contributed by atoms with Gasteiger partial charge in [0.05, 0.1) is 6.54 Å². The summed E-state index contributed by atoms with van der Waals surface area (Å²) >= 11 is 0. The number of nitrogens with zero attached hydrogens (tertiary/aromatic N) is 3. The van der Waals surface area contributed by atoms with Crippen molar-refractivity contribution in [2.75, 3.05) is 0 Å². The lowest BCUT2D eigenvalue weighted by atomic mass is 10.3. The Kier molecular flexibility index (Phi) is 5.84. The molecule has 0 saturated heterocycles. The SMILES string of the molecule is Cl.Cl.NCc1nc(-c2cccnc2)no1. The lowest BCUT2D eigenvalue weighted by Crippen LogP contribution is -1.95. The highest BCUT2D eigenvalue weighted by Crippen LogP contribution is 2.12. The Hall–Kier alpha value is -1.17. The van der Waals surface area contributed by atoms with Gasteiger partial charge in [-0.05, 0) is 12.1 Å². The Morgan fingerprint density at radius 1 is 1.33 bits per heavy atom. The van der Waals surface area contributed by atoms with Crippen LogP contribution in [-0.4, -0.2) is 15.1 Å². The van der Waals surface area contributed by atoms with Crippen molar-refractivity contribution in [1.29, 1.82) is 0 Å². The predicted molar refractivity (Wildman–Crippen MR) is 59.9 cm³/mol. The van der Waals surface area contributed by atoms with E-state index in [2.05, 4.69) is 15.1 Å². The highest BCUT2D eigenvalue weighted by Gasteiger charge is 2.05. The van der Waals surface area contributed by atoms with E-state index in [9.17, 15) is 0 Å².